The molecule has 5 heteroatoms. The van der Waals surface area contributed by atoms with Gasteiger partial charge in [-0.3, -0.25) is 4.79 Å². The summed E-state index contributed by atoms with van der Waals surface area (Å²) in [7, 11) is 0. The van der Waals surface area contributed by atoms with Gasteiger partial charge in [-0.25, -0.2) is 13.8 Å². The Morgan fingerprint density at radius 3 is 2.67 bits per heavy atom. The number of hydrogen-bond acceptors (Lipinski definition) is 2. The van der Waals surface area contributed by atoms with Gasteiger partial charge in [-0.05, 0) is 34.7 Å². The molecule has 0 spiro atoms. The molecule has 0 aliphatic heterocycles. The monoisotopic (exact) mass is 283 g/mol. The Morgan fingerprint density at radius 1 is 1.50 bits per heavy atom. The number of carbonyl (C=O) groups is 1. The summed E-state index contributed by atoms with van der Waals surface area (Å²) in [4.78, 5) is 13.8. The molecule has 2 nitrogen and oxygen atoms in total. The molecule has 0 bridgehead atoms. The van der Waals surface area contributed by atoms with Gasteiger partial charge in [0, 0.05) is 5.56 Å². The van der Waals surface area contributed by atoms with Crippen molar-refractivity contribution < 1.29 is 13.6 Å². The van der Waals surface area contributed by atoms with Crippen LogP contribution < -0.4 is 0 Å². The van der Waals surface area contributed by atoms with Crippen molar-refractivity contribution in [1.29, 1.82) is 0 Å². The first-order valence-electron chi connectivity index (χ1n) is 3.04. The van der Waals surface area contributed by atoms with Crippen molar-refractivity contribution in [3.8, 4) is 0 Å². The highest BCUT2D eigenvalue weighted by Crippen LogP contribution is 2.18. The van der Waals surface area contributed by atoms with Gasteiger partial charge in [0.05, 0.1) is 0 Å². The van der Waals surface area contributed by atoms with Crippen LogP contribution in [0.2, 0.25) is 0 Å². The van der Waals surface area contributed by atoms with E-state index in [1.807, 2.05) is 0 Å². The number of alkyl halides is 2. The molecule has 0 aliphatic carbocycles. The molecule has 0 aromatic carbocycles. The van der Waals surface area contributed by atoms with E-state index in [1.54, 1.807) is 22.6 Å². The van der Waals surface area contributed by atoms with E-state index in [0.717, 1.165) is 6.07 Å². The number of aromatic nitrogens is 1. The Hall–Kier alpha value is -0.590. The fourth-order valence-corrected chi connectivity index (χ4v) is 1.36. The zero-order chi connectivity index (χ0) is 9.14. The fraction of sp³-hybridized carbons (Fsp3) is 0.143. The predicted octanol–water partition coefficient (Wildman–Crippen LogP) is 2.44. The first-order valence-corrected chi connectivity index (χ1v) is 4.12. The van der Waals surface area contributed by atoms with Crippen LogP contribution in [0.3, 0.4) is 0 Å². The third-order valence-corrected chi connectivity index (χ3v) is 1.75. The molecule has 0 saturated heterocycles. The second kappa shape index (κ2) is 3.88. The van der Waals surface area contributed by atoms with Crippen molar-refractivity contribution in [2.24, 2.45) is 0 Å². The third kappa shape index (κ3) is 2.20. The maximum absolute atomic E-state index is 12.1. The summed E-state index contributed by atoms with van der Waals surface area (Å²) >= 11 is 1.78. The van der Waals surface area contributed by atoms with E-state index in [9.17, 15) is 13.6 Å². The summed E-state index contributed by atoms with van der Waals surface area (Å²) in [6, 6.07) is 2.53. The van der Waals surface area contributed by atoms with Crippen molar-refractivity contribution in [3.05, 3.63) is 27.1 Å². The SMILES string of the molecule is O=Cc1cc(I)nc(C(F)F)c1. The molecular formula is C7H4F2INO. The minimum atomic E-state index is -2.63. The third-order valence-electron chi connectivity index (χ3n) is 1.20. The Balaban J connectivity index is 3.14. The Kier molecular flexibility index (Phi) is 3.07. The summed E-state index contributed by atoms with van der Waals surface area (Å²) in [5.41, 5.74) is -0.131. The summed E-state index contributed by atoms with van der Waals surface area (Å²) < 4.78 is 24.6. The van der Waals surface area contributed by atoms with Gasteiger partial charge in [-0.15, -0.1) is 0 Å². The van der Waals surface area contributed by atoms with Gasteiger partial charge < -0.3 is 0 Å². The number of pyridine rings is 1. The maximum Gasteiger partial charge on any atom is 0.280 e. The molecule has 64 valence electrons. The smallest absolute Gasteiger partial charge is 0.280 e. The highest BCUT2D eigenvalue weighted by molar-refractivity contribution is 14.1. The number of rotatable bonds is 2. The lowest BCUT2D eigenvalue weighted by Gasteiger charge is -1.99. The Labute approximate surface area is 81.1 Å². The normalized spacial score (nSPS) is 10.3. The second-order valence-electron chi connectivity index (χ2n) is 2.07. The average molecular weight is 283 g/mol. The van der Waals surface area contributed by atoms with E-state index >= 15 is 0 Å². The van der Waals surface area contributed by atoms with E-state index in [0.29, 0.717) is 9.99 Å². The largest absolute Gasteiger partial charge is 0.298 e. The van der Waals surface area contributed by atoms with Crippen molar-refractivity contribution in [3.63, 3.8) is 0 Å². The van der Waals surface area contributed by atoms with Gasteiger partial charge >= 0.3 is 0 Å². The molecule has 0 saturated carbocycles. The lowest BCUT2D eigenvalue weighted by atomic mass is 10.2. The highest BCUT2D eigenvalue weighted by Gasteiger charge is 2.10. The van der Waals surface area contributed by atoms with Gasteiger partial charge in [0.15, 0.2) is 0 Å². The first kappa shape index (κ1) is 9.50. The second-order valence-corrected chi connectivity index (χ2v) is 3.17. The molecule has 0 amide bonds. The van der Waals surface area contributed by atoms with Crippen LogP contribution in [0.25, 0.3) is 0 Å². The van der Waals surface area contributed by atoms with Crippen LogP contribution in [-0.4, -0.2) is 11.3 Å². The van der Waals surface area contributed by atoms with Crippen LogP contribution in [0.1, 0.15) is 22.5 Å². The standard InChI is InChI=1S/C7H4F2INO/c8-7(9)5-1-4(3-12)2-6(10)11-5/h1-3,7H. The molecule has 0 N–H and O–H groups in total. The van der Waals surface area contributed by atoms with E-state index in [2.05, 4.69) is 4.98 Å². The number of halogens is 3. The van der Waals surface area contributed by atoms with Crippen LogP contribution in [0, 0.1) is 3.70 Å². The predicted molar refractivity (Wildman–Crippen MR) is 47.3 cm³/mol. The molecule has 0 radical (unpaired) electrons. The van der Waals surface area contributed by atoms with Gasteiger partial charge in [0.2, 0.25) is 0 Å². The molecule has 0 fully saturated rings. The fourth-order valence-electron chi connectivity index (χ4n) is 0.718. The molecule has 1 aromatic rings. The van der Waals surface area contributed by atoms with Gasteiger partial charge in [-0.1, -0.05) is 0 Å². The molecule has 0 atom stereocenters. The summed E-state index contributed by atoms with van der Waals surface area (Å²) in [5.74, 6) is 0. The first-order chi connectivity index (χ1) is 5.63. The van der Waals surface area contributed by atoms with E-state index in [1.165, 1.54) is 6.07 Å². The summed E-state index contributed by atoms with van der Waals surface area (Å²) in [5, 5.41) is 0. The van der Waals surface area contributed by atoms with Crippen molar-refractivity contribution in [2.45, 2.75) is 6.43 Å². The quantitative estimate of drug-likeness (QED) is 0.474. The van der Waals surface area contributed by atoms with Crippen molar-refractivity contribution >= 4 is 28.9 Å². The van der Waals surface area contributed by atoms with Gasteiger partial charge in [0.25, 0.3) is 6.43 Å². The number of carbonyl (C=O) groups excluding carboxylic acids is 1. The molecule has 0 aliphatic rings. The summed E-state index contributed by atoms with van der Waals surface area (Å²) in [6.07, 6.45) is -2.10. The lowest BCUT2D eigenvalue weighted by molar-refractivity contribution is 0.112. The number of nitrogens with zero attached hydrogens (tertiary/aromatic N) is 1. The molecular weight excluding hydrogens is 279 g/mol. The van der Waals surface area contributed by atoms with Crippen LogP contribution in [0.15, 0.2) is 12.1 Å². The number of hydrogen-bond donors (Lipinski definition) is 0. The zero-order valence-corrected chi connectivity index (χ0v) is 7.96. The molecule has 12 heavy (non-hydrogen) atoms. The molecule has 1 aromatic heterocycles. The zero-order valence-electron chi connectivity index (χ0n) is 5.80. The average Bonchev–Trinajstić information content (AvgIpc) is 2.03. The van der Waals surface area contributed by atoms with Crippen LogP contribution in [0.4, 0.5) is 8.78 Å². The van der Waals surface area contributed by atoms with Gasteiger partial charge in [0.1, 0.15) is 15.7 Å². The number of aldehydes is 1. The lowest BCUT2D eigenvalue weighted by Crippen LogP contribution is -1.95. The Bertz CT molecular complexity index is 303. The van der Waals surface area contributed by atoms with Crippen molar-refractivity contribution in [2.75, 3.05) is 0 Å². The van der Waals surface area contributed by atoms with E-state index in [-0.39, 0.29) is 11.3 Å². The molecule has 0 unspecified atom stereocenters. The highest BCUT2D eigenvalue weighted by atomic mass is 127. The van der Waals surface area contributed by atoms with Crippen LogP contribution in [-0.2, 0) is 0 Å². The topological polar surface area (TPSA) is 30.0 Å². The van der Waals surface area contributed by atoms with Crippen molar-refractivity contribution in [1.82, 2.24) is 4.98 Å². The maximum atomic E-state index is 12.1. The molecule has 1 rings (SSSR count). The summed E-state index contributed by atoms with van der Waals surface area (Å²) in [6.45, 7) is 0. The minimum Gasteiger partial charge on any atom is -0.298 e. The minimum absolute atomic E-state index is 0.227. The van der Waals surface area contributed by atoms with Crippen LogP contribution >= 0.6 is 22.6 Å². The van der Waals surface area contributed by atoms with Gasteiger partial charge in [-0.2, -0.15) is 0 Å². The van der Waals surface area contributed by atoms with Crippen LogP contribution in [0.5, 0.6) is 0 Å². The van der Waals surface area contributed by atoms with E-state index in [4.69, 9.17) is 0 Å². The van der Waals surface area contributed by atoms with E-state index < -0.39 is 6.43 Å². The Morgan fingerprint density at radius 2 is 2.17 bits per heavy atom. The molecule has 1 heterocycles.